The average Bonchev–Trinajstić information content (AvgIpc) is 3.00. The number of aryl methyl sites for hydroxylation is 1. The Kier molecular flexibility index (Phi) is 5.20. The lowest BCUT2D eigenvalue weighted by Crippen LogP contribution is -2.35. The van der Waals surface area contributed by atoms with Crippen LogP contribution in [-0.2, 0) is 0 Å². The molecule has 0 spiro atoms. The minimum Gasteiger partial charge on any atom is -0.490 e. The molecule has 1 aromatic rings. The van der Waals surface area contributed by atoms with Crippen LogP contribution in [-0.4, -0.2) is 37.5 Å². The zero-order valence-corrected chi connectivity index (χ0v) is 15.3. The van der Waals surface area contributed by atoms with Crippen LogP contribution in [0.4, 0.5) is 0 Å². The number of ether oxygens (including phenoxy) is 2. The van der Waals surface area contributed by atoms with Gasteiger partial charge in [0.15, 0.2) is 11.3 Å². The van der Waals surface area contributed by atoms with Gasteiger partial charge in [0.05, 0.1) is 18.8 Å². The van der Waals surface area contributed by atoms with Gasteiger partial charge < -0.3 is 28.7 Å². The third-order valence-corrected chi connectivity index (χ3v) is 4.02. The maximum atomic E-state index is 12.9. The molecule has 0 amide bonds. The van der Waals surface area contributed by atoms with E-state index in [-0.39, 0.29) is 29.4 Å². The first-order valence-electron chi connectivity index (χ1n) is 8.48. The molecule has 0 saturated heterocycles. The largest absolute Gasteiger partial charge is 0.490 e. The molecular weight excluding hydrogens is 338 g/mol. The zero-order chi connectivity index (χ0) is 18.8. The number of aliphatic hydroxyl groups is 1. The molecule has 26 heavy (non-hydrogen) atoms. The van der Waals surface area contributed by atoms with Gasteiger partial charge in [-0.05, 0) is 13.0 Å². The maximum absolute atomic E-state index is 12.9. The van der Waals surface area contributed by atoms with Crippen molar-refractivity contribution in [1.29, 1.82) is 0 Å². The van der Waals surface area contributed by atoms with E-state index < -0.39 is 6.10 Å². The van der Waals surface area contributed by atoms with Crippen LogP contribution in [0, 0.1) is 6.92 Å². The monoisotopic (exact) mass is 361 g/mol. The summed E-state index contributed by atoms with van der Waals surface area (Å²) in [5.74, 6) is 1.53. The molecular formula is C19H23NO6. The quantitative estimate of drug-likeness (QED) is 0.668. The van der Waals surface area contributed by atoms with E-state index in [9.17, 15) is 9.90 Å². The number of methoxy groups -OCH3 is 1. The van der Waals surface area contributed by atoms with Crippen LogP contribution in [0.1, 0.15) is 19.6 Å². The van der Waals surface area contributed by atoms with E-state index in [0.717, 1.165) is 0 Å². The molecule has 0 aromatic carbocycles. The third kappa shape index (κ3) is 3.40. The number of hydrogen-bond donors (Lipinski definition) is 2. The van der Waals surface area contributed by atoms with E-state index in [4.69, 9.17) is 18.3 Å². The summed E-state index contributed by atoms with van der Waals surface area (Å²) in [6.07, 6.45) is 0.710. The molecule has 2 heterocycles. The Balaban J connectivity index is 1.99. The Morgan fingerprint density at radius 1 is 1.35 bits per heavy atom. The number of hydrogen-bond acceptors (Lipinski definition) is 7. The summed E-state index contributed by atoms with van der Waals surface area (Å²) in [6, 6.07) is 3.48. The molecule has 140 valence electrons. The molecule has 7 nitrogen and oxygen atoms in total. The van der Waals surface area contributed by atoms with Crippen LogP contribution in [0.25, 0.3) is 22.3 Å². The van der Waals surface area contributed by atoms with Crippen molar-refractivity contribution in [3.63, 3.8) is 0 Å². The van der Waals surface area contributed by atoms with Gasteiger partial charge in [-0.2, -0.15) is 0 Å². The highest BCUT2D eigenvalue weighted by Gasteiger charge is 2.27. The molecule has 0 radical (unpaired) electrons. The molecule has 1 aliphatic carbocycles. The fourth-order valence-electron chi connectivity index (χ4n) is 2.81. The molecule has 0 fully saturated rings. The minimum atomic E-state index is -0.707. The summed E-state index contributed by atoms with van der Waals surface area (Å²) in [5, 5.41) is 13.6. The van der Waals surface area contributed by atoms with E-state index in [2.05, 4.69) is 5.32 Å². The van der Waals surface area contributed by atoms with Gasteiger partial charge >= 0.3 is 0 Å². The van der Waals surface area contributed by atoms with E-state index in [1.54, 1.807) is 19.1 Å². The summed E-state index contributed by atoms with van der Waals surface area (Å²) in [5.41, 5.74) is 0.355. The van der Waals surface area contributed by atoms with Gasteiger partial charge in [-0.3, -0.25) is 4.79 Å². The Morgan fingerprint density at radius 3 is 2.81 bits per heavy atom. The SMILES string of the molecule is COc1c2occc(OCC(O)CNC(C)C)c-2c(=O)c2cc(C)oc12. The van der Waals surface area contributed by atoms with Gasteiger partial charge in [0.2, 0.25) is 11.2 Å². The minimum absolute atomic E-state index is 0.0447. The Bertz CT molecular complexity index is 926. The molecule has 7 heteroatoms. The Morgan fingerprint density at radius 2 is 2.12 bits per heavy atom. The lowest BCUT2D eigenvalue weighted by molar-refractivity contribution is 0.104. The van der Waals surface area contributed by atoms with Crippen molar-refractivity contribution in [1.82, 2.24) is 5.32 Å². The summed E-state index contributed by atoms with van der Waals surface area (Å²) < 4.78 is 22.2. The van der Waals surface area contributed by atoms with Crippen molar-refractivity contribution in [3.05, 3.63) is 34.4 Å². The first-order valence-corrected chi connectivity index (χ1v) is 8.48. The Labute approximate surface area is 150 Å². The number of aliphatic hydroxyl groups excluding tert-OH is 1. The summed E-state index contributed by atoms with van der Waals surface area (Å²) in [6.45, 7) is 6.19. The predicted molar refractivity (Wildman–Crippen MR) is 97.3 cm³/mol. The molecule has 1 aliphatic heterocycles. The summed E-state index contributed by atoms with van der Waals surface area (Å²) in [4.78, 5) is 12.9. The first kappa shape index (κ1) is 18.3. The van der Waals surface area contributed by atoms with Gasteiger partial charge in [-0.15, -0.1) is 0 Å². The van der Waals surface area contributed by atoms with Crippen LogP contribution >= 0.6 is 0 Å². The lowest BCUT2D eigenvalue weighted by Gasteiger charge is -2.17. The first-order chi connectivity index (χ1) is 12.4. The fraction of sp³-hybridized carbons (Fsp3) is 0.421. The van der Waals surface area contributed by atoms with E-state index in [0.29, 0.717) is 34.8 Å². The fourth-order valence-corrected chi connectivity index (χ4v) is 2.81. The van der Waals surface area contributed by atoms with Gasteiger partial charge in [0.25, 0.3) is 0 Å². The standard InChI is InChI=1S/C19H23NO6/c1-10(2)20-8-12(21)9-25-14-5-6-24-18-15(14)16(22)13-7-11(3)26-17(13)19(18)23-4/h5-7,10,12,20-21H,8-9H2,1-4H3. The van der Waals surface area contributed by atoms with Crippen molar-refractivity contribution in [2.24, 2.45) is 0 Å². The number of nitrogens with one attached hydrogen (secondary N) is 1. The highest BCUT2D eigenvalue weighted by atomic mass is 16.5. The van der Waals surface area contributed by atoms with Gasteiger partial charge in [0.1, 0.15) is 29.8 Å². The average molecular weight is 361 g/mol. The Hall–Kier alpha value is -2.51. The molecule has 1 unspecified atom stereocenters. The predicted octanol–water partition coefficient (Wildman–Crippen LogP) is 2.55. The molecule has 1 aromatic heterocycles. The summed E-state index contributed by atoms with van der Waals surface area (Å²) in [7, 11) is 1.49. The van der Waals surface area contributed by atoms with Crippen molar-refractivity contribution < 1.29 is 23.4 Å². The molecule has 2 N–H and O–H groups in total. The second-order valence-corrected chi connectivity index (χ2v) is 6.48. The van der Waals surface area contributed by atoms with Gasteiger partial charge in [-0.1, -0.05) is 13.8 Å². The topological polar surface area (TPSA) is 94.1 Å². The zero-order valence-electron chi connectivity index (χ0n) is 15.3. The highest BCUT2D eigenvalue weighted by Crippen LogP contribution is 2.41. The molecule has 2 aliphatic rings. The number of furan rings is 1. The lowest BCUT2D eigenvalue weighted by atomic mass is 10.1. The normalized spacial score (nSPS) is 12.8. The molecule has 1 atom stereocenters. The molecule has 0 saturated carbocycles. The number of fused-ring (bicyclic) bond motifs is 2. The second kappa shape index (κ2) is 7.39. The van der Waals surface area contributed by atoms with Crippen LogP contribution in [0.5, 0.6) is 11.5 Å². The van der Waals surface area contributed by atoms with E-state index >= 15 is 0 Å². The third-order valence-electron chi connectivity index (χ3n) is 4.02. The van der Waals surface area contributed by atoms with Gasteiger partial charge in [-0.25, -0.2) is 0 Å². The summed E-state index contributed by atoms with van der Waals surface area (Å²) >= 11 is 0. The number of benzene rings is 1. The smallest absolute Gasteiger partial charge is 0.206 e. The van der Waals surface area contributed by atoms with Crippen LogP contribution < -0.4 is 20.2 Å². The highest BCUT2D eigenvalue weighted by molar-refractivity contribution is 5.94. The van der Waals surface area contributed by atoms with Gasteiger partial charge in [0, 0.05) is 18.7 Å². The molecule has 3 rings (SSSR count). The maximum Gasteiger partial charge on any atom is 0.206 e. The number of rotatable bonds is 7. The van der Waals surface area contributed by atoms with Crippen molar-refractivity contribution in [2.45, 2.75) is 32.9 Å². The van der Waals surface area contributed by atoms with Crippen molar-refractivity contribution in [2.75, 3.05) is 20.3 Å². The van der Waals surface area contributed by atoms with E-state index in [1.165, 1.54) is 13.4 Å². The van der Waals surface area contributed by atoms with Crippen LogP contribution in [0.2, 0.25) is 0 Å². The second-order valence-electron chi connectivity index (χ2n) is 6.48. The van der Waals surface area contributed by atoms with Crippen molar-refractivity contribution in [3.8, 4) is 22.8 Å². The van der Waals surface area contributed by atoms with E-state index in [1.807, 2.05) is 13.8 Å². The van der Waals surface area contributed by atoms with Crippen molar-refractivity contribution >= 4 is 11.0 Å². The molecule has 0 bridgehead atoms. The van der Waals surface area contributed by atoms with Crippen LogP contribution in [0.3, 0.4) is 0 Å². The van der Waals surface area contributed by atoms with Crippen LogP contribution in [0.15, 0.2) is 32.0 Å².